The molecule has 1 fully saturated rings. The Labute approximate surface area is 241 Å². The van der Waals surface area contributed by atoms with E-state index < -0.39 is 0 Å². The topological polar surface area (TPSA) is 50.5 Å². The fourth-order valence-corrected chi connectivity index (χ4v) is 6.27. The number of piperidine rings is 1. The Hall–Kier alpha value is -2.51. The Morgan fingerprint density at radius 3 is 2.51 bits per heavy atom. The Bertz CT molecular complexity index is 1320. The molecular weight excluding hydrogens is 526 g/mol. The number of likely N-dealkylation sites (tertiary alicyclic amines) is 1. The summed E-state index contributed by atoms with van der Waals surface area (Å²) in [5.74, 6) is 2.54. The average Bonchev–Trinajstić information content (AvgIpc) is 3.33. The molecule has 5 rings (SSSR count). The van der Waals surface area contributed by atoms with Crippen LogP contribution in [0.1, 0.15) is 54.3 Å². The summed E-state index contributed by atoms with van der Waals surface area (Å²) < 4.78 is 18.2. The first kappa shape index (κ1) is 28.0. The van der Waals surface area contributed by atoms with E-state index in [1.165, 1.54) is 35.9 Å². The number of benzene rings is 3. The lowest BCUT2D eigenvalue weighted by atomic mass is 9.92. The maximum absolute atomic E-state index is 9.81. The maximum atomic E-state index is 9.81. The SMILES string of the molecule is Cc1cccc2c1nc(COc1ccc(Cl)cc1)n2CCCC1CCN(CCC(SO)c2ccccc2)CC1. The summed E-state index contributed by atoms with van der Waals surface area (Å²) in [4.78, 5) is 7.54. The predicted octanol–water partition coefficient (Wildman–Crippen LogP) is 8.41. The lowest BCUT2D eigenvalue weighted by Gasteiger charge is -2.32. The molecule has 0 bridgehead atoms. The third-order valence-corrected chi connectivity index (χ3v) is 8.96. The molecule has 5 nitrogen and oxygen atoms in total. The van der Waals surface area contributed by atoms with Gasteiger partial charge in [-0.2, -0.15) is 0 Å². The van der Waals surface area contributed by atoms with Crippen molar-refractivity contribution in [3.8, 4) is 5.75 Å². The second kappa shape index (κ2) is 13.7. The van der Waals surface area contributed by atoms with Crippen molar-refractivity contribution in [1.82, 2.24) is 14.5 Å². The molecule has 0 aliphatic carbocycles. The number of fused-ring (bicyclic) bond motifs is 1. The number of aryl methyl sites for hydroxylation is 2. The Kier molecular flexibility index (Phi) is 9.86. The average molecular weight is 564 g/mol. The molecule has 7 heteroatoms. The number of rotatable bonds is 12. The summed E-state index contributed by atoms with van der Waals surface area (Å²) in [5, 5.41) is 0.854. The first-order valence-corrected chi connectivity index (χ1v) is 15.2. The van der Waals surface area contributed by atoms with Gasteiger partial charge in [0.05, 0.1) is 16.3 Å². The van der Waals surface area contributed by atoms with Gasteiger partial charge in [0.15, 0.2) is 0 Å². The molecule has 1 N–H and O–H groups in total. The predicted molar refractivity (Wildman–Crippen MR) is 163 cm³/mol. The van der Waals surface area contributed by atoms with Crippen LogP contribution in [0.2, 0.25) is 5.02 Å². The van der Waals surface area contributed by atoms with Gasteiger partial charge in [-0.05, 0) is 118 Å². The minimum absolute atomic E-state index is 0.149. The Balaban J connectivity index is 1.12. The van der Waals surface area contributed by atoms with Crippen molar-refractivity contribution in [2.24, 2.45) is 5.92 Å². The van der Waals surface area contributed by atoms with Crippen LogP contribution < -0.4 is 4.74 Å². The quantitative estimate of drug-likeness (QED) is 0.175. The van der Waals surface area contributed by atoms with E-state index in [9.17, 15) is 4.55 Å². The lowest BCUT2D eigenvalue weighted by molar-refractivity contribution is 0.174. The van der Waals surface area contributed by atoms with Gasteiger partial charge in [-0.3, -0.25) is 0 Å². The molecule has 0 amide bonds. The van der Waals surface area contributed by atoms with Crippen molar-refractivity contribution in [3.05, 3.63) is 94.8 Å². The number of hydrogen-bond acceptors (Lipinski definition) is 5. The van der Waals surface area contributed by atoms with Crippen molar-refractivity contribution in [2.75, 3.05) is 19.6 Å². The van der Waals surface area contributed by atoms with E-state index in [4.69, 9.17) is 21.3 Å². The van der Waals surface area contributed by atoms with Gasteiger partial charge in [-0.15, -0.1) is 0 Å². The monoisotopic (exact) mass is 563 g/mol. The molecule has 1 aromatic heterocycles. The number of imidazole rings is 1. The molecule has 39 heavy (non-hydrogen) atoms. The summed E-state index contributed by atoms with van der Waals surface area (Å²) in [7, 11) is 0. The summed E-state index contributed by atoms with van der Waals surface area (Å²) in [6.45, 7) is 6.84. The summed E-state index contributed by atoms with van der Waals surface area (Å²) in [5.41, 5.74) is 4.66. The minimum atomic E-state index is 0.149. The summed E-state index contributed by atoms with van der Waals surface area (Å²) in [6, 6.07) is 24.3. The minimum Gasteiger partial charge on any atom is -0.486 e. The van der Waals surface area contributed by atoms with Crippen LogP contribution in [0.15, 0.2) is 72.8 Å². The number of halogens is 1. The van der Waals surface area contributed by atoms with Crippen molar-refractivity contribution in [1.29, 1.82) is 0 Å². The van der Waals surface area contributed by atoms with Crippen LogP contribution in [-0.2, 0) is 13.2 Å². The van der Waals surface area contributed by atoms with Gasteiger partial charge in [0.1, 0.15) is 18.2 Å². The van der Waals surface area contributed by atoms with Crippen LogP contribution in [-0.4, -0.2) is 38.6 Å². The standard InChI is InChI=1S/C32H38ClN3O2S/c1-24-7-5-11-29-32(24)34-31(23-38-28-14-12-27(33)13-15-28)36(29)19-6-8-25-16-20-35(21-17-25)22-18-30(39-37)26-9-3-2-4-10-26/h2-5,7,9-15,25,30,37H,6,8,16-23H2,1H3. The van der Waals surface area contributed by atoms with Crippen LogP contribution in [0.4, 0.5) is 0 Å². The van der Waals surface area contributed by atoms with E-state index >= 15 is 0 Å². The zero-order valence-corrected chi connectivity index (χ0v) is 24.2. The first-order chi connectivity index (χ1) is 19.1. The van der Waals surface area contributed by atoms with E-state index in [-0.39, 0.29) is 5.25 Å². The molecule has 1 unspecified atom stereocenters. The Morgan fingerprint density at radius 2 is 1.77 bits per heavy atom. The number of aromatic nitrogens is 2. The molecule has 1 aliphatic rings. The fraction of sp³-hybridized carbons (Fsp3) is 0.406. The zero-order valence-electron chi connectivity index (χ0n) is 22.6. The normalized spacial score (nSPS) is 15.6. The van der Waals surface area contributed by atoms with Gasteiger partial charge < -0.3 is 18.8 Å². The van der Waals surface area contributed by atoms with Crippen LogP contribution in [0.25, 0.3) is 11.0 Å². The molecule has 1 aliphatic heterocycles. The highest BCUT2D eigenvalue weighted by atomic mass is 35.5. The first-order valence-electron chi connectivity index (χ1n) is 14.0. The molecule has 0 saturated carbocycles. The van der Waals surface area contributed by atoms with Crippen LogP contribution in [0, 0.1) is 12.8 Å². The van der Waals surface area contributed by atoms with E-state index in [1.54, 1.807) is 0 Å². The van der Waals surface area contributed by atoms with Gasteiger partial charge >= 0.3 is 0 Å². The highest BCUT2D eigenvalue weighted by Crippen LogP contribution is 2.31. The second-order valence-corrected chi connectivity index (χ2v) is 11.8. The Morgan fingerprint density at radius 1 is 1.00 bits per heavy atom. The zero-order chi connectivity index (χ0) is 27.0. The van der Waals surface area contributed by atoms with Gasteiger partial charge in [0, 0.05) is 11.6 Å². The van der Waals surface area contributed by atoms with Crippen LogP contribution >= 0.6 is 23.6 Å². The number of para-hydroxylation sites is 1. The largest absolute Gasteiger partial charge is 0.486 e. The van der Waals surface area contributed by atoms with Crippen LogP contribution in [0.3, 0.4) is 0 Å². The van der Waals surface area contributed by atoms with Crippen molar-refractivity contribution >= 4 is 34.7 Å². The smallest absolute Gasteiger partial charge is 0.148 e. The number of ether oxygens (including phenoxy) is 1. The van der Waals surface area contributed by atoms with E-state index in [0.717, 1.165) is 74.1 Å². The molecule has 0 radical (unpaired) electrons. The van der Waals surface area contributed by atoms with Gasteiger partial charge in [0.25, 0.3) is 0 Å². The third-order valence-electron chi connectivity index (χ3n) is 7.95. The highest BCUT2D eigenvalue weighted by Gasteiger charge is 2.21. The molecule has 0 spiro atoms. The molecular formula is C32H38ClN3O2S. The number of hydrogen-bond donors (Lipinski definition) is 1. The van der Waals surface area contributed by atoms with E-state index in [0.29, 0.717) is 11.6 Å². The number of nitrogens with zero attached hydrogens (tertiary/aromatic N) is 3. The fourth-order valence-electron chi connectivity index (χ4n) is 5.66. The van der Waals surface area contributed by atoms with Gasteiger partial charge in [-0.25, -0.2) is 4.98 Å². The molecule has 1 atom stereocenters. The van der Waals surface area contributed by atoms with Crippen molar-refractivity contribution < 1.29 is 9.29 Å². The van der Waals surface area contributed by atoms with Crippen molar-refractivity contribution in [3.63, 3.8) is 0 Å². The molecule has 2 heterocycles. The maximum Gasteiger partial charge on any atom is 0.148 e. The summed E-state index contributed by atoms with van der Waals surface area (Å²) in [6.07, 6.45) is 5.84. The molecule has 3 aromatic carbocycles. The van der Waals surface area contributed by atoms with E-state index in [2.05, 4.69) is 46.7 Å². The third kappa shape index (κ3) is 7.37. The van der Waals surface area contributed by atoms with Gasteiger partial charge in [0.2, 0.25) is 0 Å². The molecule has 206 valence electrons. The lowest BCUT2D eigenvalue weighted by Crippen LogP contribution is -2.34. The second-order valence-electron chi connectivity index (χ2n) is 10.6. The van der Waals surface area contributed by atoms with Gasteiger partial charge in [-0.1, -0.05) is 54.1 Å². The highest BCUT2D eigenvalue weighted by molar-refractivity contribution is 7.94. The molecule has 1 saturated heterocycles. The molecule has 4 aromatic rings. The summed E-state index contributed by atoms with van der Waals surface area (Å²) >= 11 is 7.01. The van der Waals surface area contributed by atoms with Crippen LogP contribution in [0.5, 0.6) is 5.75 Å². The van der Waals surface area contributed by atoms with Crippen molar-refractivity contribution in [2.45, 2.75) is 57.4 Å². The van der Waals surface area contributed by atoms with E-state index in [1.807, 2.05) is 42.5 Å².